The van der Waals surface area contributed by atoms with E-state index in [1.54, 1.807) is 19.2 Å². The predicted molar refractivity (Wildman–Crippen MR) is 96.4 cm³/mol. The van der Waals surface area contributed by atoms with Gasteiger partial charge in [0, 0.05) is 17.7 Å². The van der Waals surface area contributed by atoms with Gasteiger partial charge in [-0.3, -0.25) is 0 Å². The number of hydrogen-bond acceptors (Lipinski definition) is 5. The SMILES string of the molecule is COc1c2c(cc3c1C1Oc4cc(O)ccc4C1CO3)OC(C)(C)C=C2. The van der Waals surface area contributed by atoms with Crippen LogP contribution in [-0.2, 0) is 0 Å². The van der Waals surface area contributed by atoms with Crippen LogP contribution in [0.3, 0.4) is 0 Å². The number of phenols is 1. The van der Waals surface area contributed by atoms with Crippen molar-refractivity contribution in [2.24, 2.45) is 0 Å². The second-order valence-electron chi connectivity index (χ2n) is 7.45. The Morgan fingerprint density at radius 1 is 1.15 bits per heavy atom. The Morgan fingerprint density at radius 3 is 2.81 bits per heavy atom. The quantitative estimate of drug-likeness (QED) is 0.834. The van der Waals surface area contributed by atoms with Gasteiger partial charge in [-0.05, 0) is 32.1 Å². The summed E-state index contributed by atoms with van der Waals surface area (Å²) in [6.45, 7) is 4.54. The zero-order valence-corrected chi connectivity index (χ0v) is 14.9. The van der Waals surface area contributed by atoms with Crippen molar-refractivity contribution in [3.63, 3.8) is 0 Å². The molecule has 134 valence electrons. The number of aromatic hydroxyl groups is 1. The third kappa shape index (κ3) is 2.09. The first-order valence-corrected chi connectivity index (χ1v) is 8.72. The van der Waals surface area contributed by atoms with Gasteiger partial charge in [-0.1, -0.05) is 6.07 Å². The van der Waals surface area contributed by atoms with Gasteiger partial charge in [0.25, 0.3) is 0 Å². The fourth-order valence-electron chi connectivity index (χ4n) is 4.03. The molecule has 0 bridgehead atoms. The Kier molecular flexibility index (Phi) is 3.03. The van der Waals surface area contributed by atoms with E-state index in [0.717, 1.165) is 33.9 Å². The molecule has 5 rings (SSSR count). The molecule has 0 aliphatic carbocycles. The summed E-state index contributed by atoms with van der Waals surface area (Å²) >= 11 is 0. The molecular weight excluding hydrogens is 332 g/mol. The van der Waals surface area contributed by atoms with Crippen molar-refractivity contribution in [1.29, 1.82) is 0 Å². The van der Waals surface area contributed by atoms with E-state index < -0.39 is 0 Å². The molecule has 0 saturated heterocycles. The van der Waals surface area contributed by atoms with Crippen molar-refractivity contribution in [1.82, 2.24) is 0 Å². The van der Waals surface area contributed by atoms with E-state index in [-0.39, 0.29) is 23.4 Å². The van der Waals surface area contributed by atoms with Crippen molar-refractivity contribution in [2.45, 2.75) is 31.5 Å². The lowest BCUT2D eigenvalue weighted by atomic mass is 9.87. The maximum absolute atomic E-state index is 9.77. The molecule has 2 atom stereocenters. The van der Waals surface area contributed by atoms with E-state index >= 15 is 0 Å². The van der Waals surface area contributed by atoms with Crippen LogP contribution in [0.5, 0.6) is 28.7 Å². The number of rotatable bonds is 1. The molecule has 0 spiro atoms. The summed E-state index contributed by atoms with van der Waals surface area (Å²) in [5.74, 6) is 3.15. The number of ether oxygens (including phenoxy) is 4. The van der Waals surface area contributed by atoms with E-state index in [9.17, 15) is 5.11 Å². The van der Waals surface area contributed by atoms with E-state index in [1.165, 1.54) is 0 Å². The van der Waals surface area contributed by atoms with Crippen LogP contribution in [0.4, 0.5) is 0 Å². The smallest absolute Gasteiger partial charge is 0.141 e. The van der Waals surface area contributed by atoms with Gasteiger partial charge in [-0.2, -0.15) is 0 Å². The summed E-state index contributed by atoms with van der Waals surface area (Å²) in [6.07, 6.45) is 3.85. The number of benzene rings is 2. The fourth-order valence-corrected chi connectivity index (χ4v) is 4.03. The van der Waals surface area contributed by atoms with Crippen molar-refractivity contribution < 1.29 is 24.1 Å². The predicted octanol–water partition coefficient (Wildman–Crippen LogP) is 4.19. The average Bonchev–Trinajstić information content (AvgIpc) is 2.96. The lowest BCUT2D eigenvalue weighted by molar-refractivity contribution is 0.130. The van der Waals surface area contributed by atoms with Crippen molar-refractivity contribution in [2.75, 3.05) is 13.7 Å². The lowest BCUT2D eigenvalue weighted by Gasteiger charge is -2.34. The molecule has 0 aromatic heterocycles. The highest BCUT2D eigenvalue weighted by Gasteiger charge is 2.44. The van der Waals surface area contributed by atoms with Crippen LogP contribution < -0.4 is 18.9 Å². The molecule has 3 heterocycles. The molecule has 0 radical (unpaired) electrons. The van der Waals surface area contributed by atoms with Gasteiger partial charge in [0.05, 0.1) is 30.8 Å². The minimum absolute atomic E-state index is 0.0648. The van der Waals surface area contributed by atoms with E-state index in [1.807, 2.05) is 38.1 Å². The second-order valence-corrected chi connectivity index (χ2v) is 7.45. The minimum Gasteiger partial charge on any atom is -0.508 e. The Morgan fingerprint density at radius 2 is 2.00 bits per heavy atom. The molecule has 5 nitrogen and oxygen atoms in total. The zero-order chi connectivity index (χ0) is 18.1. The van der Waals surface area contributed by atoms with Crippen LogP contribution in [0.15, 0.2) is 30.3 Å². The molecule has 2 aromatic rings. The topological polar surface area (TPSA) is 57.2 Å². The standard InChI is InChI=1S/C21H20O5/c1-21(2)7-6-13-16(26-21)9-17-18(19(13)23-3)20-14(10-24-17)12-5-4-11(22)8-15(12)25-20/h4-9,14,20,22H,10H2,1-3H3. The third-order valence-electron chi connectivity index (χ3n) is 5.23. The molecule has 0 amide bonds. The molecule has 3 aliphatic rings. The van der Waals surface area contributed by atoms with Crippen LogP contribution in [0.1, 0.15) is 42.6 Å². The summed E-state index contributed by atoms with van der Waals surface area (Å²) in [5, 5.41) is 9.77. The molecule has 0 saturated carbocycles. The second kappa shape index (κ2) is 5.10. The molecular formula is C21H20O5. The summed E-state index contributed by atoms with van der Waals surface area (Å²) in [5.41, 5.74) is 2.47. The molecule has 0 fully saturated rings. The number of hydrogen-bond donors (Lipinski definition) is 1. The molecule has 26 heavy (non-hydrogen) atoms. The first-order chi connectivity index (χ1) is 12.5. The Bertz CT molecular complexity index is 944. The van der Waals surface area contributed by atoms with Crippen LogP contribution in [0.2, 0.25) is 0 Å². The molecule has 3 aliphatic heterocycles. The first kappa shape index (κ1) is 15.4. The Balaban J connectivity index is 1.66. The van der Waals surface area contributed by atoms with Crippen molar-refractivity contribution in [3.05, 3.63) is 47.0 Å². The zero-order valence-electron chi connectivity index (χ0n) is 14.9. The number of methoxy groups -OCH3 is 1. The molecule has 5 heteroatoms. The molecule has 2 aromatic carbocycles. The van der Waals surface area contributed by atoms with E-state index in [2.05, 4.69) is 0 Å². The largest absolute Gasteiger partial charge is 0.508 e. The number of fused-ring (bicyclic) bond motifs is 6. The minimum atomic E-state index is -0.374. The lowest BCUT2D eigenvalue weighted by Crippen LogP contribution is -2.29. The van der Waals surface area contributed by atoms with Crippen LogP contribution in [-0.4, -0.2) is 24.4 Å². The van der Waals surface area contributed by atoms with Gasteiger partial charge in [0.1, 0.15) is 40.5 Å². The van der Waals surface area contributed by atoms with E-state index in [4.69, 9.17) is 18.9 Å². The highest BCUT2D eigenvalue weighted by atomic mass is 16.5. The molecule has 1 N–H and O–H groups in total. The summed E-state index contributed by atoms with van der Waals surface area (Å²) in [6, 6.07) is 7.17. The highest BCUT2D eigenvalue weighted by Crippen LogP contribution is 2.56. The Labute approximate surface area is 151 Å². The number of phenolic OH excluding ortho intramolecular Hbond substituents is 1. The summed E-state index contributed by atoms with van der Waals surface area (Å²) < 4.78 is 24.1. The van der Waals surface area contributed by atoms with Gasteiger partial charge in [-0.15, -0.1) is 0 Å². The molecule has 2 unspecified atom stereocenters. The van der Waals surface area contributed by atoms with Crippen molar-refractivity contribution >= 4 is 6.08 Å². The third-order valence-corrected chi connectivity index (χ3v) is 5.23. The highest BCUT2D eigenvalue weighted by molar-refractivity contribution is 5.73. The van der Waals surface area contributed by atoms with E-state index in [0.29, 0.717) is 12.4 Å². The maximum atomic E-state index is 9.77. The van der Waals surface area contributed by atoms with Crippen LogP contribution in [0, 0.1) is 0 Å². The Hall–Kier alpha value is -2.82. The fraction of sp³-hybridized carbons (Fsp3) is 0.333. The van der Waals surface area contributed by atoms with Gasteiger partial charge >= 0.3 is 0 Å². The first-order valence-electron chi connectivity index (χ1n) is 8.72. The summed E-state index contributed by atoms with van der Waals surface area (Å²) in [7, 11) is 1.65. The van der Waals surface area contributed by atoms with Crippen LogP contribution >= 0.6 is 0 Å². The van der Waals surface area contributed by atoms with Gasteiger partial charge in [0.15, 0.2) is 0 Å². The average molecular weight is 352 g/mol. The maximum Gasteiger partial charge on any atom is 0.141 e. The van der Waals surface area contributed by atoms with Crippen LogP contribution in [0.25, 0.3) is 6.08 Å². The van der Waals surface area contributed by atoms with Gasteiger partial charge < -0.3 is 24.1 Å². The van der Waals surface area contributed by atoms with Gasteiger partial charge in [-0.25, -0.2) is 0 Å². The van der Waals surface area contributed by atoms with Gasteiger partial charge in [0.2, 0.25) is 0 Å². The van der Waals surface area contributed by atoms with Crippen molar-refractivity contribution in [3.8, 4) is 28.7 Å². The normalized spacial score (nSPS) is 23.5. The monoisotopic (exact) mass is 352 g/mol. The summed E-state index contributed by atoms with van der Waals surface area (Å²) in [4.78, 5) is 0.